The molecule has 0 amide bonds. The van der Waals surface area contributed by atoms with Gasteiger partial charge in [-0.25, -0.2) is 4.79 Å². The van der Waals surface area contributed by atoms with Crippen molar-refractivity contribution >= 4 is 5.97 Å². The number of esters is 1. The standard InChI is InChI=1S/C33H52NO3/c1-5-7-8-9-10-11-12-13-14-15-17-21-29-24-20-25-31(26-29)36-33(6-2)37-32(35)28-34(3,4)27-30-22-18-16-19-23-30/h16,18-20,22-26,33H,5-15,17,21,27-28H2,1-4H3/q+1. The zero-order chi connectivity index (χ0) is 26.8. The van der Waals surface area contributed by atoms with Crippen molar-refractivity contribution in [3.8, 4) is 5.75 Å². The normalized spacial score (nSPS) is 12.3. The lowest BCUT2D eigenvalue weighted by atomic mass is 10.0. The predicted octanol–water partition coefficient (Wildman–Crippen LogP) is 8.47. The van der Waals surface area contributed by atoms with E-state index < -0.39 is 6.29 Å². The van der Waals surface area contributed by atoms with Crippen LogP contribution in [0.1, 0.15) is 102 Å². The van der Waals surface area contributed by atoms with E-state index >= 15 is 0 Å². The molecule has 0 aliphatic heterocycles. The molecule has 0 saturated carbocycles. The number of ether oxygens (including phenoxy) is 2. The lowest BCUT2D eigenvalue weighted by Gasteiger charge is -2.29. The third-order valence-corrected chi connectivity index (χ3v) is 6.84. The predicted molar refractivity (Wildman–Crippen MR) is 155 cm³/mol. The van der Waals surface area contributed by atoms with E-state index in [0.29, 0.717) is 17.4 Å². The van der Waals surface area contributed by atoms with Gasteiger partial charge in [0.1, 0.15) is 12.3 Å². The molecule has 0 aliphatic carbocycles. The van der Waals surface area contributed by atoms with E-state index in [1.807, 2.05) is 51.4 Å². The minimum atomic E-state index is -0.568. The zero-order valence-corrected chi connectivity index (χ0v) is 24.1. The molecule has 0 aliphatic rings. The van der Waals surface area contributed by atoms with Gasteiger partial charge >= 0.3 is 5.97 Å². The van der Waals surface area contributed by atoms with Crippen LogP contribution >= 0.6 is 0 Å². The highest BCUT2D eigenvalue weighted by atomic mass is 16.7. The van der Waals surface area contributed by atoms with Gasteiger partial charge in [-0.05, 0) is 30.5 Å². The summed E-state index contributed by atoms with van der Waals surface area (Å²) < 4.78 is 12.3. The average Bonchev–Trinajstić information content (AvgIpc) is 2.87. The smallest absolute Gasteiger partial charge is 0.364 e. The molecule has 0 bridgehead atoms. The maximum absolute atomic E-state index is 12.7. The fraction of sp³-hybridized carbons (Fsp3) is 0.606. The Morgan fingerprint density at radius 1 is 0.757 bits per heavy atom. The summed E-state index contributed by atoms with van der Waals surface area (Å²) in [5.41, 5.74) is 2.49. The van der Waals surface area contributed by atoms with Crippen LogP contribution < -0.4 is 4.74 Å². The van der Waals surface area contributed by atoms with Gasteiger partial charge in [0.05, 0.1) is 14.1 Å². The van der Waals surface area contributed by atoms with E-state index in [4.69, 9.17) is 9.47 Å². The molecule has 0 radical (unpaired) electrons. The van der Waals surface area contributed by atoms with Gasteiger partial charge in [0.15, 0.2) is 6.54 Å². The van der Waals surface area contributed by atoms with Crippen LogP contribution in [0.3, 0.4) is 0 Å². The molecule has 0 heterocycles. The van der Waals surface area contributed by atoms with Crippen molar-refractivity contribution in [1.29, 1.82) is 0 Å². The van der Waals surface area contributed by atoms with Crippen LogP contribution in [-0.2, 0) is 22.5 Å². The lowest BCUT2D eigenvalue weighted by molar-refractivity contribution is -0.896. The second-order valence-electron chi connectivity index (χ2n) is 11.1. The Labute approximate surface area is 227 Å². The Morgan fingerprint density at radius 3 is 1.97 bits per heavy atom. The van der Waals surface area contributed by atoms with Gasteiger partial charge in [-0.1, -0.05) is 121 Å². The minimum Gasteiger partial charge on any atom is -0.455 e. The molecule has 1 atom stereocenters. The second kappa shape index (κ2) is 18.0. The van der Waals surface area contributed by atoms with E-state index in [0.717, 1.165) is 18.7 Å². The highest BCUT2D eigenvalue weighted by Crippen LogP contribution is 2.19. The molecule has 4 nitrogen and oxygen atoms in total. The van der Waals surface area contributed by atoms with Crippen molar-refractivity contribution in [3.63, 3.8) is 0 Å². The number of rotatable bonds is 20. The summed E-state index contributed by atoms with van der Waals surface area (Å²) in [7, 11) is 4.10. The van der Waals surface area contributed by atoms with Gasteiger partial charge in [-0.2, -0.15) is 0 Å². The number of nitrogens with zero attached hydrogens (tertiary/aromatic N) is 1. The van der Waals surface area contributed by atoms with Gasteiger partial charge in [0.2, 0.25) is 6.29 Å². The number of benzene rings is 2. The molecule has 2 aromatic carbocycles. The van der Waals surface area contributed by atoms with Crippen molar-refractivity contribution in [2.45, 2.75) is 110 Å². The van der Waals surface area contributed by atoms with Crippen LogP contribution in [0.4, 0.5) is 0 Å². The summed E-state index contributed by atoms with van der Waals surface area (Å²) in [6.45, 7) is 5.33. The van der Waals surface area contributed by atoms with Gasteiger partial charge < -0.3 is 14.0 Å². The summed E-state index contributed by atoms with van der Waals surface area (Å²) in [6.07, 6.45) is 16.0. The van der Waals surface area contributed by atoms with E-state index in [1.54, 1.807) is 0 Å². The number of quaternary nitrogens is 1. The van der Waals surface area contributed by atoms with Crippen LogP contribution in [-0.4, -0.2) is 37.4 Å². The van der Waals surface area contributed by atoms with E-state index in [2.05, 4.69) is 31.2 Å². The first kappa shape index (κ1) is 30.9. The molecule has 206 valence electrons. The molecular weight excluding hydrogens is 458 g/mol. The first-order chi connectivity index (χ1) is 17.9. The quantitative estimate of drug-likeness (QED) is 0.0775. The van der Waals surface area contributed by atoms with E-state index in [1.165, 1.54) is 81.8 Å². The van der Waals surface area contributed by atoms with Crippen molar-refractivity contribution in [1.82, 2.24) is 0 Å². The molecule has 0 N–H and O–H groups in total. The number of likely N-dealkylation sites (N-methyl/N-ethyl adjacent to an activating group) is 1. The average molecular weight is 511 g/mol. The molecule has 4 heteroatoms. The van der Waals surface area contributed by atoms with Crippen LogP contribution in [0.25, 0.3) is 0 Å². The Balaban J connectivity index is 1.67. The largest absolute Gasteiger partial charge is 0.455 e. The van der Waals surface area contributed by atoms with Crippen LogP contribution in [0.2, 0.25) is 0 Å². The SMILES string of the molecule is CCCCCCCCCCCCCc1cccc(OC(CC)OC(=O)C[N+](C)(C)Cc2ccccc2)c1. The van der Waals surface area contributed by atoms with Gasteiger partial charge in [0, 0.05) is 12.0 Å². The van der Waals surface area contributed by atoms with Crippen molar-refractivity contribution in [2.75, 3.05) is 20.6 Å². The fourth-order valence-corrected chi connectivity index (χ4v) is 4.78. The minimum absolute atomic E-state index is 0.232. The molecule has 37 heavy (non-hydrogen) atoms. The Hall–Kier alpha value is -2.33. The topological polar surface area (TPSA) is 35.5 Å². The highest BCUT2D eigenvalue weighted by molar-refractivity contribution is 5.70. The molecule has 2 rings (SSSR count). The molecule has 2 aromatic rings. The number of aryl methyl sites for hydroxylation is 1. The van der Waals surface area contributed by atoms with E-state index in [9.17, 15) is 4.79 Å². The van der Waals surface area contributed by atoms with E-state index in [-0.39, 0.29) is 5.97 Å². The zero-order valence-electron chi connectivity index (χ0n) is 24.1. The monoisotopic (exact) mass is 510 g/mol. The molecule has 1 unspecified atom stereocenters. The molecule has 0 spiro atoms. The maximum Gasteiger partial charge on any atom is 0.364 e. The third-order valence-electron chi connectivity index (χ3n) is 6.84. The Bertz CT molecular complexity index is 865. The third kappa shape index (κ3) is 14.3. The highest BCUT2D eigenvalue weighted by Gasteiger charge is 2.24. The summed E-state index contributed by atoms with van der Waals surface area (Å²) in [5, 5.41) is 0. The van der Waals surface area contributed by atoms with Crippen molar-refractivity contribution < 1.29 is 18.8 Å². The fourth-order valence-electron chi connectivity index (χ4n) is 4.78. The van der Waals surface area contributed by atoms with Crippen LogP contribution in [0, 0.1) is 0 Å². The number of carbonyl (C=O) groups excluding carboxylic acids is 1. The van der Waals surface area contributed by atoms with Gasteiger partial charge in [-0.15, -0.1) is 0 Å². The number of unbranched alkanes of at least 4 members (excludes halogenated alkanes) is 10. The molecule has 0 saturated heterocycles. The summed E-state index contributed by atoms with van der Waals surface area (Å²) in [4.78, 5) is 12.7. The van der Waals surface area contributed by atoms with Crippen LogP contribution in [0.5, 0.6) is 5.75 Å². The first-order valence-corrected chi connectivity index (χ1v) is 14.7. The number of hydrogen-bond acceptors (Lipinski definition) is 3. The van der Waals surface area contributed by atoms with Crippen molar-refractivity contribution in [3.05, 3.63) is 65.7 Å². The summed E-state index contributed by atoms with van der Waals surface area (Å²) in [5.74, 6) is 0.545. The summed E-state index contributed by atoms with van der Waals surface area (Å²) >= 11 is 0. The van der Waals surface area contributed by atoms with Crippen molar-refractivity contribution in [2.24, 2.45) is 0 Å². The van der Waals surface area contributed by atoms with Crippen LogP contribution in [0.15, 0.2) is 54.6 Å². The molecule has 0 aromatic heterocycles. The van der Waals surface area contributed by atoms with Gasteiger partial charge in [-0.3, -0.25) is 0 Å². The lowest BCUT2D eigenvalue weighted by Crippen LogP contribution is -2.44. The Morgan fingerprint density at radius 2 is 1.35 bits per heavy atom. The number of carbonyl (C=O) groups is 1. The second-order valence-corrected chi connectivity index (χ2v) is 11.1. The number of hydrogen-bond donors (Lipinski definition) is 0. The first-order valence-electron chi connectivity index (χ1n) is 14.7. The van der Waals surface area contributed by atoms with Gasteiger partial charge in [0.25, 0.3) is 0 Å². The molecule has 0 fully saturated rings. The summed E-state index contributed by atoms with van der Waals surface area (Å²) in [6, 6.07) is 18.5. The maximum atomic E-state index is 12.7. The molecular formula is C33H52NO3+. The Kier molecular flexibility index (Phi) is 15.0.